The molecule has 0 bridgehead atoms. The third-order valence-electron chi connectivity index (χ3n) is 4.53. The highest BCUT2D eigenvalue weighted by Crippen LogP contribution is 2.36. The Labute approximate surface area is 114 Å². The molecule has 0 aliphatic heterocycles. The summed E-state index contributed by atoms with van der Waals surface area (Å²) < 4.78 is 0. The van der Waals surface area contributed by atoms with Gasteiger partial charge in [-0.15, -0.1) is 0 Å². The Kier molecular flexibility index (Phi) is 6.36. The number of thiol groups is 1. The van der Waals surface area contributed by atoms with Crippen molar-refractivity contribution in [1.82, 2.24) is 4.90 Å². The smallest absolute Gasteiger partial charge is 0.00926 e. The molecular weight excluding hydrogens is 226 g/mol. The lowest BCUT2D eigenvalue weighted by molar-refractivity contribution is 0.123. The first kappa shape index (κ1) is 15.4. The summed E-state index contributed by atoms with van der Waals surface area (Å²) in [6.45, 7) is 8.45. The third kappa shape index (κ3) is 5.65. The van der Waals surface area contributed by atoms with E-state index in [1.807, 2.05) is 0 Å². The van der Waals surface area contributed by atoms with Gasteiger partial charge in [-0.25, -0.2) is 0 Å². The van der Waals surface area contributed by atoms with Crippen molar-refractivity contribution < 1.29 is 0 Å². The number of rotatable bonds is 6. The minimum atomic E-state index is 0.594. The van der Waals surface area contributed by atoms with Crippen LogP contribution in [0.15, 0.2) is 0 Å². The highest BCUT2D eigenvalue weighted by atomic mass is 32.1. The van der Waals surface area contributed by atoms with Gasteiger partial charge in [-0.3, -0.25) is 0 Å². The average Bonchev–Trinajstić information content (AvgIpc) is 2.26. The molecule has 0 radical (unpaired) electrons. The molecule has 1 aliphatic carbocycles. The van der Waals surface area contributed by atoms with Gasteiger partial charge >= 0.3 is 0 Å². The first-order chi connectivity index (χ1) is 7.94. The van der Waals surface area contributed by atoms with Gasteiger partial charge in [0.2, 0.25) is 0 Å². The van der Waals surface area contributed by atoms with E-state index >= 15 is 0 Å². The zero-order valence-corrected chi connectivity index (χ0v) is 13.1. The molecule has 1 atom stereocenters. The van der Waals surface area contributed by atoms with E-state index in [1.54, 1.807) is 0 Å². The molecule has 0 heterocycles. The van der Waals surface area contributed by atoms with Crippen molar-refractivity contribution in [2.45, 2.75) is 65.3 Å². The fraction of sp³-hybridized carbons (Fsp3) is 1.00. The lowest BCUT2D eigenvalue weighted by Gasteiger charge is -2.39. The van der Waals surface area contributed by atoms with Gasteiger partial charge in [0.05, 0.1) is 0 Å². The summed E-state index contributed by atoms with van der Waals surface area (Å²) in [5, 5.41) is 0. The van der Waals surface area contributed by atoms with Gasteiger partial charge in [-0.1, -0.05) is 20.8 Å². The molecule has 0 N–H and O–H groups in total. The van der Waals surface area contributed by atoms with Gasteiger partial charge in [0.25, 0.3) is 0 Å². The van der Waals surface area contributed by atoms with Crippen molar-refractivity contribution in [2.75, 3.05) is 19.3 Å². The van der Waals surface area contributed by atoms with Crippen LogP contribution in [-0.2, 0) is 0 Å². The minimum absolute atomic E-state index is 0.594. The van der Waals surface area contributed by atoms with Crippen LogP contribution in [-0.4, -0.2) is 30.3 Å². The molecule has 17 heavy (non-hydrogen) atoms. The SMILES string of the molecule is CC(CCS)CCN(C)C1CCC(C)(C)CC1. The van der Waals surface area contributed by atoms with Crippen LogP contribution in [0.4, 0.5) is 0 Å². The van der Waals surface area contributed by atoms with E-state index in [-0.39, 0.29) is 0 Å². The first-order valence-corrected chi connectivity index (χ1v) is 7.89. The Morgan fingerprint density at radius 2 is 1.82 bits per heavy atom. The lowest BCUT2D eigenvalue weighted by Crippen LogP contribution is -2.38. The van der Waals surface area contributed by atoms with Crippen LogP contribution in [0.3, 0.4) is 0 Å². The molecule has 1 fully saturated rings. The monoisotopic (exact) mass is 257 g/mol. The summed E-state index contributed by atoms with van der Waals surface area (Å²) in [7, 11) is 2.32. The first-order valence-electron chi connectivity index (χ1n) is 7.26. The molecule has 0 spiro atoms. The van der Waals surface area contributed by atoms with E-state index in [9.17, 15) is 0 Å². The minimum Gasteiger partial charge on any atom is -0.303 e. The van der Waals surface area contributed by atoms with Gasteiger partial charge in [-0.2, -0.15) is 12.6 Å². The standard InChI is InChI=1S/C15H31NS/c1-13(8-12-17)7-11-16(4)14-5-9-15(2,3)10-6-14/h13-14,17H,5-12H2,1-4H3. The Morgan fingerprint density at radius 1 is 1.24 bits per heavy atom. The maximum atomic E-state index is 4.31. The zero-order chi connectivity index (χ0) is 12.9. The summed E-state index contributed by atoms with van der Waals surface area (Å²) in [4.78, 5) is 2.60. The Hall–Kier alpha value is 0.310. The fourth-order valence-electron chi connectivity index (χ4n) is 2.80. The van der Waals surface area contributed by atoms with E-state index in [4.69, 9.17) is 0 Å². The summed E-state index contributed by atoms with van der Waals surface area (Å²) in [6, 6.07) is 0.839. The van der Waals surface area contributed by atoms with E-state index < -0.39 is 0 Å². The van der Waals surface area contributed by atoms with Crippen LogP contribution in [0, 0.1) is 11.3 Å². The molecule has 1 saturated carbocycles. The van der Waals surface area contributed by atoms with Crippen LogP contribution in [0.2, 0.25) is 0 Å². The van der Waals surface area contributed by atoms with Crippen molar-refractivity contribution in [2.24, 2.45) is 11.3 Å². The van der Waals surface area contributed by atoms with Crippen molar-refractivity contribution in [3.8, 4) is 0 Å². The molecule has 0 aromatic carbocycles. The van der Waals surface area contributed by atoms with Gasteiger partial charge in [0.15, 0.2) is 0 Å². The van der Waals surface area contributed by atoms with Gasteiger partial charge < -0.3 is 4.90 Å². The van der Waals surface area contributed by atoms with Crippen molar-refractivity contribution >= 4 is 12.6 Å². The van der Waals surface area contributed by atoms with Gasteiger partial charge in [0.1, 0.15) is 0 Å². The summed E-state index contributed by atoms with van der Waals surface area (Å²) in [6.07, 6.45) is 8.17. The summed E-state index contributed by atoms with van der Waals surface area (Å²) >= 11 is 4.31. The van der Waals surface area contributed by atoms with Crippen molar-refractivity contribution in [3.05, 3.63) is 0 Å². The second-order valence-electron chi connectivity index (χ2n) is 6.78. The molecule has 2 heteroatoms. The molecule has 1 nitrogen and oxygen atoms in total. The molecule has 0 aromatic rings. The van der Waals surface area contributed by atoms with Crippen molar-refractivity contribution in [1.29, 1.82) is 0 Å². The van der Waals surface area contributed by atoms with Crippen LogP contribution in [0.5, 0.6) is 0 Å². The highest BCUT2D eigenvalue weighted by Gasteiger charge is 2.28. The van der Waals surface area contributed by atoms with Crippen LogP contribution >= 0.6 is 12.6 Å². The third-order valence-corrected chi connectivity index (χ3v) is 4.79. The fourth-order valence-corrected chi connectivity index (χ4v) is 3.24. The summed E-state index contributed by atoms with van der Waals surface area (Å²) in [5.74, 6) is 1.86. The zero-order valence-electron chi connectivity index (χ0n) is 12.2. The molecule has 0 saturated heterocycles. The van der Waals surface area contributed by atoms with Crippen molar-refractivity contribution in [3.63, 3.8) is 0 Å². The van der Waals surface area contributed by atoms with E-state index in [0.717, 1.165) is 17.7 Å². The van der Waals surface area contributed by atoms with Crippen LogP contribution in [0.25, 0.3) is 0 Å². The van der Waals surface area contributed by atoms with E-state index in [0.29, 0.717) is 5.41 Å². The van der Waals surface area contributed by atoms with Crippen LogP contribution < -0.4 is 0 Å². The second-order valence-corrected chi connectivity index (χ2v) is 7.23. The predicted octanol–water partition coefficient (Wildman–Crippen LogP) is 4.23. The van der Waals surface area contributed by atoms with E-state index in [2.05, 4.69) is 45.3 Å². The van der Waals surface area contributed by atoms with Crippen LogP contribution in [0.1, 0.15) is 59.3 Å². The largest absolute Gasteiger partial charge is 0.303 e. The maximum Gasteiger partial charge on any atom is 0.00926 e. The van der Waals surface area contributed by atoms with Gasteiger partial charge in [0, 0.05) is 6.04 Å². The average molecular weight is 257 g/mol. The second kappa shape index (κ2) is 7.04. The number of hydrogen-bond acceptors (Lipinski definition) is 2. The quantitative estimate of drug-likeness (QED) is 0.697. The molecule has 0 aromatic heterocycles. The topological polar surface area (TPSA) is 3.24 Å². The molecule has 1 unspecified atom stereocenters. The molecular formula is C15H31NS. The lowest BCUT2D eigenvalue weighted by atomic mass is 9.75. The molecule has 1 aliphatic rings. The van der Waals surface area contributed by atoms with E-state index in [1.165, 1.54) is 45.1 Å². The molecule has 1 rings (SSSR count). The number of nitrogens with zero attached hydrogens (tertiary/aromatic N) is 1. The molecule has 0 amide bonds. The Morgan fingerprint density at radius 3 is 2.35 bits per heavy atom. The highest BCUT2D eigenvalue weighted by molar-refractivity contribution is 7.80. The normalized spacial score (nSPS) is 22.9. The molecule has 102 valence electrons. The predicted molar refractivity (Wildman–Crippen MR) is 80.9 cm³/mol. The Bertz CT molecular complexity index is 205. The Balaban J connectivity index is 2.22. The maximum absolute atomic E-state index is 4.31. The summed E-state index contributed by atoms with van der Waals surface area (Å²) in [5.41, 5.74) is 0.594. The number of hydrogen-bond donors (Lipinski definition) is 1. The van der Waals surface area contributed by atoms with Gasteiger partial charge in [-0.05, 0) is 69.2 Å².